The number of hydrogen-bond acceptors (Lipinski definition) is 5. The van der Waals surface area contributed by atoms with Gasteiger partial charge in [-0.05, 0) is 81.1 Å². The number of rotatable bonds is 6. The fraction of sp³-hybridized carbons (Fsp3) is 0.333. The highest BCUT2D eigenvalue weighted by molar-refractivity contribution is 5.89. The Hall–Kier alpha value is -3.32. The Morgan fingerprint density at radius 3 is 2.35 bits per heavy atom. The molecule has 164 valence electrons. The lowest BCUT2D eigenvalue weighted by Gasteiger charge is -2.19. The van der Waals surface area contributed by atoms with Crippen LogP contribution in [-0.2, 0) is 0 Å². The number of hydrogen-bond donors (Lipinski definition) is 2. The van der Waals surface area contributed by atoms with Crippen molar-refractivity contribution in [1.82, 2.24) is 10.1 Å². The Bertz CT molecular complexity index is 1060. The number of nitrogens with zero attached hydrogens (tertiary/aromatic N) is 2. The van der Waals surface area contributed by atoms with Crippen molar-refractivity contribution in [3.8, 4) is 22.6 Å². The maximum absolute atomic E-state index is 12.3. The summed E-state index contributed by atoms with van der Waals surface area (Å²) in [5.41, 5.74) is 12.0. The highest BCUT2D eigenvalue weighted by Crippen LogP contribution is 2.35. The van der Waals surface area contributed by atoms with Gasteiger partial charge in [0.15, 0.2) is 0 Å². The third-order valence-electron chi connectivity index (χ3n) is 5.12. The molecule has 0 spiro atoms. The van der Waals surface area contributed by atoms with Gasteiger partial charge in [0.05, 0.1) is 5.69 Å². The van der Waals surface area contributed by atoms with E-state index in [1.165, 1.54) is 0 Å². The molecule has 3 N–H and O–H groups in total. The Balaban J connectivity index is 1.87. The van der Waals surface area contributed by atoms with Gasteiger partial charge in [-0.2, -0.15) is 0 Å². The first kappa shape index (κ1) is 22.4. The Labute approximate surface area is 183 Å². The molecule has 0 saturated heterocycles. The fourth-order valence-electron chi connectivity index (χ4n) is 3.66. The number of benzene rings is 2. The van der Waals surface area contributed by atoms with Crippen LogP contribution >= 0.6 is 0 Å². The second-order valence-electron chi connectivity index (χ2n) is 7.92. The number of anilines is 1. The van der Waals surface area contributed by atoms with Crippen LogP contribution in [-0.4, -0.2) is 36.2 Å². The van der Waals surface area contributed by atoms with Crippen molar-refractivity contribution in [3.05, 3.63) is 58.5 Å². The number of aryl methyl sites for hydroxylation is 5. The van der Waals surface area contributed by atoms with Crippen LogP contribution in [0.2, 0.25) is 0 Å². The topological polar surface area (TPSA) is 93.6 Å². The normalized spacial score (nSPS) is 10.8. The number of nitrogens with one attached hydrogen (secondary N) is 1. The average Bonchev–Trinajstić information content (AvgIpc) is 3.02. The highest BCUT2D eigenvalue weighted by Gasteiger charge is 2.15. The summed E-state index contributed by atoms with van der Waals surface area (Å²) in [6.07, 6.45) is 0. The molecule has 3 aromatic rings. The standard InChI is InChI=1S/C24H30N4O3/c1-14-9-19(22-17(4)27-31-18(22)5)13-21(10-14)30-23-15(2)11-20(12-16(23)3)26-24(29)28(6)8-7-25/h9-13H,7-8,25H2,1-6H3,(H,26,29). The first-order valence-corrected chi connectivity index (χ1v) is 10.3. The lowest BCUT2D eigenvalue weighted by atomic mass is 10.0. The van der Waals surface area contributed by atoms with Gasteiger partial charge in [-0.3, -0.25) is 0 Å². The maximum Gasteiger partial charge on any atom is 0.321 e. The minimum absolute atomic E-state index is 0.194. The molecule has 0 atom stereocenters. The molecule has 7 nitrogen and oxygen atoms in total. The van der Waals surface area contributed by atoms with Crippen LogP contribution in [0.3, 0.4) is 0 Å². The molecule has 1 heterocycles. The fourth-order valence-corrected chi connectivity index (χ4v) is 3.66. The molecular formula is C24H30N4O3. The Kier molecular flexibility index (Phi) is 6.65. The number of carbonyl (C=O) groups excluding carboxylic acids is 1. The lowest BCUT2D eigenvalue weighted by molar-refractivity contribution is 0.223. The zero-order valence-corrected chi connectivity index (χ0v) is 19.0. The van der Waals surface area contributed by atoms with E-state index in [1.807, 2.05) is 58.9 Å². The number of nitrogens with two attached hydrogens (primary N) is 1. The highest BCUT2D eigenvalue weighted by atomic mass is 16.5. The van der Waals surface area contributed by atoms with E-state index in [0.29, 0.717) is 13.1 Å². The third-order valence-corrected chi connectivity index (χ3v) is 5.12. The summed E-state index contributed by atoms with van der Waals surface area (Å²) < 4.78 is 11.6. The molecule has 0 aliphatic carbocycles. The number of carbonyl (C=O) groups is 1. The Morgan fingerprint density at radius 1 is 1.10 bits per heavy atom. The molecule has 0 saturated carbocycles. The van der Waals surface area contributed by atoms with E-state index < -0.39 is 0 Å². The van der Waals surface area contributed by atoms with E-state index in [4.69, 9.17) is 15.0 Å². The second-order valence-corrected chi connectivity index (χ2v) is 7.92. The molecule has 0 fully saturated rings. The molecule has 1 aromatic heterocycles. The molecule has 0 bridgehead atoms. The lowest BCUT2D eigenvalue weighted by Crippen LogP contribution is -2.35. The molecular weight excluding hydrogens is 392 g/mol. The van der Waals surface area contributed by atoms with Gasteiger partial charge in [0.1, 0.15) is 17.3 Å². The van der Waals surface area contributed by atoms with Crippen LogP contribution in [0, 0.1) is 34.6 Å². The summed E-state index contributed by atoms with van der Waals surface area (Å²) in [6, 6.07) is 9.70. The van der Waals surface area contributed by atoms with Crippen molar-refractivity contribution in [2.24, 2.45) is 5.73 Å². The minimum Gasteiger partial charge on any atom is -0.457 e. The smallest absolute Gasteiger partial charge is 0.321 e. The molecule has 0 unspecified atom stereocenters. The molecule has 2 amide bonds. The largest absolute Gasteiger partial charge is 0.457 e. The second kappa shape index (κ2) is 9.22. The molecule has 0 aliphatic rings. The van der Waals surface area contributed by atoms with Gasteiger partial charge in [0, 0.05) is 31.4 Å². The summed E-state index contributed by atoms with van der Waals surface area (Å²) >= 11 is 0. The van der Waals surface area contributed by atoms with Crippen molar-refractivity contribution in [2.45, 2.75) is 34.6 Å². The van der Waals surface area contributed by atoms with Crippen molar-refractivity contribution >= 4 is 11.7 Å². The van der Waals surface area contributed by atoms with Gasteiger partial charge in [-0.15, -0.1) is 0 Å². The van der Waals surface area contributed by atoms with E-state index in [-0.39, 0.29) is 6.03 Å². The molecule has 0 aliphatic heterocycles. The van der Waals surface area contributed by atoms with Crippen LogP contribution in [0.4, 0.5) is 10.5 Å². The van der Waals surface area contributed by atoms with Gasteiger partial charge in [0.25, 0.3) is 0 Å². The van der Waals surface area contributed by atoms with Crippen LogP contribution in [0.15, 0.2) is 34.9 Å². The number of aromatic nitrogens is 1. The quantitative estimate of drug-likeness (QED) is 0.576. The van der Waals surface area contributed by atoms with Gasteiger partial charge in [-0.1, -0.05) is 11.2 Å². The monoisotopic (exact) mass is 422 g/mol. The van der Waals surface area contributed by atoms with E-state index in [1.54, 1.807) is 11.9 Å². The summed E-state index contributed by atoms with van der Waals surface area (Å²) in [6.45, 7) is 10.7. The number of ether oxygens (including phenoxy) is 1. The zero-order chi connectivity index (χ0) is 22.7. The van der Waals surface area contributed by atoms with Crippen molar-refractivity contribution in [1.29, 1.82) is 0 Å². The molecule has 0 radical (unpaired) electrons. The summed E-state index contributed by atoms with van der Waals surface area (Å²) in [5.74, 6) is 2.28. The predicted molar refractivity (Wildman–Crippen MR) is 123 cm³/mol. The molecule has 31 heavy (non-hydrogen) atoms. The molecule has 3 rings (SSSR count). The van der Waals surface area contributed by atoms with E-state index in [9.17, 15) is 4.79 Å². The SMILES string of the molecule is Cc1cc(Oc2c(C)cc(NC(=O)N(C)CCN)cc2C)cc(-c2c(C)noc2C)c1. The number of urea groups is 1. The van der Waals surface area contributed by atoms with Crippen molar-refractivity contribution in [2.75, 3.05) is 25.5 Å². The van der Waals surface area contributed by atoms with Gasteiger partial charge < -0.3 is 25.2 Å². The minimum atomic E-state index is -0.194. The van der Waals surface area contributed by atoms with Crippen LogP contribution in [0.1, 0.15) is 28.1 Å². The van der Waals surface area contributed by atoms with Crippen molar-refractivity contribution in [3.63, 3.8) is 0 Å². The predicted octanol–water partition coefficient (Wildman–Crippen LogP) is 5.10. The van der Waals surface area contributed by atoms with Crippen LogP contribution in [0.5, 0.6) is 11.5 Å². The van der Waals surface area contributed by atoms with E-state index in [2.05, 4.69) is 16.5 Å². The van der Waals surface area contributed by atoms with Gasteiger partial charge in [-0.25, -0.2) is 4.79 Å². The average molecular weight is 423 g/mol. The zero-order valence-electron chi connectivity index (χ0n) is 19.0. The summed E-state index contributed by atoms with van der Waals surface area (Å²) in [7, 11) is 1.72. The number of amides is 2. The van der Waals surface area contributed by atoms with Gasteiger partial charge in [0.2, 0.25) is 0 Å². The first-order valence-electron chi connectivity index (χ1n) is 10.3. The van der Waals surface area contributed by atoms with Crippen molar-refractivity contribution < 1.29 is 14.1 Å². The van der Waals surface area contributed by atoms with E-state index >= 15 is 0 Å². The van der Waals surface area contributed by atoms with E-state index in [0.717, 1.165) is 56.5 Å². The first-order chi connectivity index (χ1) is 14.7. The third kappa shape index (κ3) is 5.06. The molecule has 2 aromatic carbocycles. The van der Waals surface area contributed by atoms with Crippen LogP contribution < -0.4 is 15.8 Å². The Morgan fingerprint density at radius 2 is 1.77 bits per heavy atom. The summed E-state index contributed by atoms with van der Waals surface area (Å²) in [5, 5.41) is 6.97. The van der Waals surface area contributed by atoms with Crippen LogP contribution in [0.25, 0.3) is 11.1 Å². The summed E-state index contributed by atoms with van der Waals surface area (Å²) in [4.78, 5) is 13.8. The van der Waals surface area contributed by atoms with Gasteiger partial charge >= 0.3 is 6.03 Å². The number of likely N-dealkylation sites (N-methyl/N-ethyl adjacent to an activating group) is 1. The molecule has 7 heteroatoms. The maximum atomic E-state index is 12.3.